The minimum absolute atomic E-state index is 0.152. The highest BCUT2D eigenvalue weighted by Gasteiger charge is 2.26. The van der Waals surface area contributed by atoms with Gasteiger partial charge in [0.25, 0.3) is 0 Å². The molecule has 2 rings (SSSR count). The topological polar surface area (TPSA) is 97.3 Å². The lowest BCUT2D eigenvalue weighted by Crippen LogP contribution is -2.51. The zero-order chi connectivity index (χ0) is 24.8. The fourth-order valence-electron chi connectivity index (χ4n) is 3.58. The molecule has 0 saturated carbocycles. The number of ether oxygens (including phenoxy) is 2. The van der Waals surface area contributed by atoms with Gasteiger partial charge in [0, 0.05) is 12.6 Å². The summed E-state index contributed by atoms with van der Waals surface area (Å²) in [7, 11) is 1.59. The minimum atomic E-state index is -0.969. The van der Waals surface area contributed by atoms with Gasteiger partial charge < -0.3 is 24.7 Å². The quantitative estimate of drug-likeness (QED) is 0.302. The lowest BCUT2D eigenvalue weighted by atomic mass is 10.00. The smallest absolute Gasteiger partial charge is 0.407 e. The molecule has 0 bridgehead atoms. The van der Waals surface area contributed by atoms with Gasteiger partial charge in [0.1, 0.15) is 12.4 Å². The standard InChI is InChI=1S/C26H36N2O6/c1-4-20(5-2)18-28(34-23-13-9-12-22(17-23)32-3)19-25(30)24(27-26(31)33-15-14-29)16-21-10-7-6-8-11-21/h6-14,17,20,24-25,30H,4-5,15-16,18-19H2,1-3H3,(H,27,31). The number of hydrogen-bond acceptors (Lipinski definition) is 7. The van der Waals surface area contributed by atoms with E-state index in [2.05, 4.69) is 19.2 Å². The maximum absolute atomic E-state index is 12.2. The van der Waals surface area contributed by atoms with Crippen molar-refractivity contribution in [2.24, 2.45) is 5.92 Å². The fraction of sp³-hybridized carbons (Fsp3) is 0.462. The Morgan fingerprint density at radius 1 is 1.06 bits per heavy atom. The maximum Gasteiger partial charge on any atom is 0.407 e. The van der Waals surface area contributed by atoms with E-state index >= 15 is 0 Å². The molecule has 8 heteroatoms. The Balaban J connectivity index is 2.19. The monoisotopic (exact) mass is 472 g/mol. The van der Waals surface area contributed by atoms with Crippen LogP contribution in [0.25, 0.3) is 0 Å². The van der Waals surface area contributed by atoms with E-state index in [9.17, 15) is 14.7 Å². The van der Waals surface area contributed by atoms with Gasteiger partial charge >= 0.3 is 6.09 Å². The van der Waals surface area contributed by atoms with Crippen molar-refractivity contribution in [2.45, 2.75) is 45.3 Å². The van der Waals surface area contributed by atoms with Gasteiger partial charge in [0.2, 0.25) is 0 Å². The molecule has 0 fully saturated rings. The SMILES string of the molecule is CCC(CC)CN(CC(O)C(Cc1ccccc1)NC(=O)OCC=O)Oc1cccc(OC)c1. The van der Waals surface area contributed by atoms with Crippen molar-refractivity contribution in [3.8, 4) is 11.5 Å². The summed E-state index contributed by atoms with van der Waals surface area (Å²) in [5.74, 6) is 1.63. The third-order valence-electron chi connectivity index (χ3n) is 5.63. The molecule has 2 atom stereocenters. The van der Waals surface area contributed by atoms with E-state index in [4.69, 9.17) is 14.3 Å². The Bertz CT molecular complexity index is 859. The highest BCUT2D eigenvalue weighted by molar-refractivity contribution is 5.69. The molecule has 0 radical (unpaired) electrons. The number of carbonyl (C=O) groups excluding carboxylic acids is 2. The number of amides is 1. The van der Waals surface area contributed by atoms with Crippen LogP contribution in [0.15, 0.2) is 54.6 Å². The Kier molecular flexibility index (Phi) is 11.9. The number of benzene rings is 2. The summed E-state index contributed by atoms with van der Waals surface area (Å²) in [6, 6.07) is 16.2. The number of hydroxylamine groups is 2. The molecule has 8 nitrogen and oxygen atoms in total. The van der Waals surface area contributed by atoms with Crippen LogP contribution in [-0.2, 0) is 16.0 Å². The third kappa shape index (κ3) is 9.41. The number of alkyl carbamates (subject to hydrolysis) is 1. The van der Waals surface area contributed by atoms with Crippen LogP contribution in [0.3, 0.4) is 0 Å². The summed E-state index contributed by atoms with van der Waals surface area (Å²) in [5.41, 5.74) is 0.947. The molecule has 34 heavy (non-hydrogen) atoms. The van der Waals surface area contributed by atoms with Crippen LogP contribution < -0.4 is 14.9 Å². The van der Waals surface area contributed by atoms with Crippen LogP contribution in [0.4, 0.5) is 4.79 Å². The molecule has 0 aromatic heterocycles. The predicted octanol–water partition coefficient (Wildman–Crippen LogP) is 3.62. The molecule has 0 aliphatic carbocycles. The van der Waals surface area contributed by atoms with Gasteiger partial charge in [-0.3, -0.25) is 4.79 Å². The van der Waals surface area contributed by atoms with Gasteiger partial charge in [0.05, 0.1) is 25.8 Å². The first-order valence-corrected chi connectivity index (χ1v) is 11.6. The average Bonchev–Trinajstić information content (AvgIpc) is 2.86. The molecule has 2 N–H and O–H groups in total. The Morgan fingerprint density at radius 2 is 1.76 bits per heavy atom. The van der Waals surface area contributed by atoms with E-state index in [1.165, 1.54) is 0 Å². The van der Waals surface area contributed by atoms with Crippen molar-refractivity contribution in [3.05, 3.63) is 60.2 Å². The number of nitrogens with one attached hydrogen (secondary N) is 1. The first-order chi connectivity index (χ1) is 16.5. The summed E-state index contributed by atoms with van der Waals surface area (Å²) >= 11 is 0. The average molecular weight is 473 g/mol. The second kappa shape index (κ2) is 14.9. The Morgan fingerprint density at radius 3 is 2.41 bits per heavy atom. The first-order valence-electron chi connectivity index (χ1n) is 11.6. The summed E-state index contributed by atoms with van der Waals surface area (Å²) < 4.78 is 10.1. The first kappa shape index (κ1) is 27.1. The molecule has 2 aromatic carbocycles. The van der Waals surface area contributed by atoms with Crippen molar-refractivity contribution in [3.63, 3.8) is 0 Å². The van der Waals surface area contributed by atoms with E-state index in [1.807, 2.05) is 48.5 Å². The molecule has 186 valence electrons. The van der Waals surface area contributed by atoms with Gasteiger partial charge in [-0.15, -0.1) is 5.06 Å². The summed E-state index contributed by atoms with van der Waals surface area (Å²) in [6.07, 6.45) is 1.09. The number of carbonyl (C=O) groups is 2. The summed E-state index contributed by atoms with van der Waals surface area (Å²) in [5, 5.41) is 15.6. The molecular weight excluding hydrogens is 436 g/mol. The molecule has 0 aliphatic rings. The van der Waals surface area contributed by atoms with Crippen LogP contribution in [0.2, 0.25) is 0 Å². The lowest BCUT2D eigenvalue weighted by Gasteiger charge is -2.31. The minimum Gasteiger partial charge on any atom is -0.497 e. The second-order valence-corrected chi connectivity index (χ2v) is 8.07. The van der Waals surface area contributed by atoms with Crippen LogP contribution in [-0.4, -0.2) is 61.5 Å². The van der Waals surface area contributed by atoms with Crippen molar-refractivity contribution in [2.75, 3.05) is 26.8 Å². The number of hydrogen-bond donors (Lipinski definition) is 2. The van der Waals surface area contributed by atoms with Gasteiger partial charge in [-0.25, -0.2) is 4.79 Å². The fourth-order valence-corrected chi connectivity index (χ4v) is 3.58. The van der Waals surface area contributed by atoms with E-state index < -0.39 is 18.2 Å². The van der Waals surface area contributed by atoms with Gasteiger partial charge in [-0.05, 0) is 30.0 Å². The van der Waals surface area contributed by atoms with Gasteiger partial charge in [-0.1, -0.05) is 63.1 Å². The molecular formula is C26H36N2O6. The van der Waals surface area contributed by atoms with Crippen molar-refractivity contribution < 1.29 is 29.0 Å². The van der Waals surface area contributed by atoms with E-state index in [1.54, 1.807) is 18.2 Å². The van der Waals surface area contributed by atoms with Crippen LogP contribution in [0.5, 0.6) is 11.5 Å². The predicted molar refractivity (Wildman–Crippen MR) is 130 cm³/mol. The molecule has 0 aliphatic heterocycles. The van der Waals surface area contributed by atoms with Crippen LogP contribution in [0, 0.1) is 5.92 Å². The summed E-state index contributed by atoms with van der Waals surface area (Å²) in [4.78, 5) is 28.9. The molecule has 0 saturated heterocycles. The van der Waals surface area contributed by atoms with Crippen LogP contribution in [0.1, 0.15) is 32.3 Å². The number of methoxy groups -OCH3 is 1. The van der Waals surface area contributed by atoms with E-state index in [-0.39, 0.29) is 13.2 Å². The zero-order valence-corrected chi connectivity index (χ0v) is 20.2. The molecule has 0 heterocycles. The normalized spacial score (nSPS) is 12.8. The third-order valence-corrected chi connectivity index (χ3v) is 5.63. The Hall–Kier alpha value is -3.10. The number of aldehydes is 1. The number of nitrogens with zero attached hydrogens (tertiary/aromatic N) is 1. The van der Waals surface area contributed by atoms with Gasteiger partial charge in [-0.2, -0.15) is 0 Å². The summed E-state index contributed by atoms with van der Waals surface area (Å²) in [6.45, 7) is 4.65. The van der Waals surface area contributed by atoms with Gasteiger partial charge in [0.15, 0.2) is 12.0 Å². The van der Waals surface area contributed by atoms with Crippen molar-refractivity contribution in [1.82, 2.24) is 10.4 Å². The highest BCUT2D eigenvalue weighted by Crippen LogP contribution is 2.21. The zero-order valence-electron chi connectivity index (χ0n) is 20.2. The second-order valence-electron chi connectivity index (χ2n) is 8.07. The number of aliphatic hydroxyl groups excluding tert-OH is 1. The molecule has 2 unspecified atom stereocenters. The molecule has 2 aromatic rings. The van der Waals surface area contributed by atoms with Crippen LogP contribution >= 0.6 is 0 Å². The lowest BCUT2D eigenvalue weighted by molar-refractivity contribution is -0.110. The highest BCUT2D eigenvalue weighted by atomic mass is 16.7. The number of rotatable bonds is 15. The van der Waals surface area contributed by atoms with Crippen molar-refractivity contribution >= 4 is 12.4 Å². The number of aliphatic hydroxyl groups is 1. The molecule has 1 amide bonds. The Labute approximate surface area is 201 Å². The largest absolute Gasteiger partial charge is 0.497 e. The maximum atomic E-state index is 12.2. The van der Waals surface area contributed by atoms with E-state index in [0.717, 1.165) is 18.4 Å². The van der Waals surface area contributed by atoms with Crippen molar-refractivity contribution in [1.29, 1.82) is 0 Å². The molecule has 0 spiro atoms. The van der Waals surface area contributed by atoms with E-state index in [0.29, 0.717) is 36.7 Å².